The number of hydrogen-bond acceptors (Lipinski definition) is 2. The molecule has 1 saturated carbocycles. The average Bonchev–Trinajstić information content (AvgIpc) is 2.90. The molecule has 0 aromatic heterocycles. The summed E-state index contributed by atoms with van der Waals surface area (Å²) in [5.41, 5.74) is 0.878. The van der Waals surface area contributed by atoms with E-state index in [2.05, 4.69) is 10.2 Å². The van der Waals surface area contributed by atoms with Gasteiger partial charge in [0.25, 0.3) is 0 Å². The molecule has 0 bridgehead atoms. The zero-order valence-electron chi connectivity index (χ0n) is 11.7. The van der Waals surface area contributed by atoms with Gasteiger partial charge in [-0.25, -0.2) is 8.78 Å². The van der Waals surface area contributed by atoms with Crippen LogP contribution in [0.2, 0.25) is 0 Å². The van der Waals surface area contributed by atoms with Crippen molar-refractivity contribution < 1.29 is 8.78 Å². The number of nitrogens with one attached hydrogen (secondary N) is 1. The van der Waals surface area contributed by atoms with Crippen LogP contribution >= 0.6 is 0 Å². The topological polar surface area (TPSA) is 15.3 Å². The molecular formula is C16H22F2N2. The summed E-state index contributed by atoms with van der Waals surface area (Å²) in [6, 6.07) is 4.90. The molecule has 2 fully saturated rings. The highest BCUT2D eigenvalue weighted by atomic mass is 19.2. The van der Waals surface area contributed by atoms with E-state index in [9.17, 15) is 8.78 Å². The first kappa shape index (κ1) is 14.0. The molecule has 2 nitrogen and oxygen atoms in total. The molecule has 1 N–H and O–H groups in total. The standard InChI is InChI=1S/C16H22F2N2/c17-15-6-5-12(7-16(15)18)10-20(11-13-8-19-9-13)14-3-1-2-4-14/h5-7,13-14,19H,1-4,8-11H2. The van der Waals surface area contributed by atoms with Crippen LogP contribution in [-0.2, 0) is 6.54 Å². The fourth-order valence-electron chi connectivity index (χ4n) is 3.29. The highest BCUT2D eigenvalue weighted by Crippen LogP contribution is 2.26. The summed E-state index contributed by atoms with van der Waals surface area (Å²) in [5, 5.41) is 3.30. The number of hydrogen-bond donors (Lipinski definition) is 1. The van der Waals surface area contributed by atoms with E-state index in [0.29, 0.717) is 12.0 Å². The van der Waals surface area contributed by atoms with Crippen LogP contribution in [0.25, 0.3) is 0 Å². The lowest BCUT2D eigenvalue weighted by Crippen LogP contribution is -2.49. The maximum atomic E-state index is 13.3. The normalized spacial score (nSPS) is 20.6. The molecule has 3 rings (SSSR count). The van der Waals surface area contributed by atoms with Crippen LogP contribution in [-0.4, -0.2) is 30.6 Å². The Balaban J connectivity index is 1.68. The Bertz CT molecular complexity index is 454. The third-order valence-electron chi connectivity index (χ3n) is 4.57. The minimum absolute atomic E-state index is 0.615. The first-order valence-electron chi connectivity index (χ1n) is 7.61. The molecule has 0 atom stereocenters. The van der Waals surface area contributed by atoms with E-state index in [-0.39, 0.29) is 0 Å². The molecule has 0 radical (unpaired) electrons. The summed E-state index contributed by atoms with van der Waals surface area (Å²) < 4.78 is 26.4. The smallest absolute Gasteiger partial charge is 0.159 e. The summed E-state index contributed by atoms with van der Waals surface area (Å²) in [4.78, 5) is 2.48. The van der Waals surface area contributed by atoms with Crippen LogP contribution in [0.1, 0.15) is 31.2 Å². The predicted octanol–water partition coefficient (Wildman–Crippen LogP) is 2.93. The van der Waals surface area contributed by atoms with E-state index >= 15 is 0 Å². The van der Waals surface area contributed by atoms with Crippen molar-refractivity contribution in [3.8, 4) is 0 Å². The SMILES string of the molecule is Fc1ccc(CN(CC2CNC2)C2CCCC2)cc1F. The summed E-state index contributed by atoms with van der Waals surface area (Å²) >= 11 is 0. The van der Waals surface area contributed by atoms with E-state index in [1.165, 1.54) is 37.8 Å². The van der Waals surface area contributed by atoms with Gasteiger partial charge in [-0.05, 0) is 36.5 Å². The number of benzene rings is 1. The number of nitrogens with zero attached hydrogens (tertiary/aromatic N) is 1. The molecule has 4 heteroatoms. The molecule has 0 amide bonds. The Morgan fingerprint density at radius 2 is 1.85 bits per heavy atom. The highest BCUT2D eigenvalue weighted by Gasteiger charge is 2.27. The monoisotopic (exact) mass is 280 g/mol. The third-order valence-corrected chi connectivity index (χ3v) is 4.57. The van der Waals surface area contributed by atoms with Gasteiger partial charge in [0.1, 0.15) is 0 Å². The highest BCUT2D eigenvalue weighted by molar-refractivity contribution is 5.18. The van der Waals surface area contributed by atoms with Crippen LogP contribution in [0, 0.1) is 17.6 Å². The molecule has 1 heterocycles. The number of rotatable bonds is 5. The van der Waals surface area contributed by atoms with E-state index in [1.54, 1.807) is 6.07 Å². The van der Waals surface area contributed by atoms with Gasteiger partial charge in [0, 0.05) is 32.2 Å². The summed E-state index contributed by atoms with van der Waals surface area (Å²) in [6.07, 6.45) is 5.07. The van der Waals surface area contributed by atoms with Crippen molar-refractivity contribution in [2.45, 2.75) is 38.3 Å². The van der Waals surface area contributed by atoms with Gasteiger partial charge in [-0.1, -0.05) is 18.9 Å². The predicted molar refractivity (Wildman–Crippen MR) is 75.4 cm³/mol. The summed E-state index contributed by atoms with van der Waals surface area (Å²) in [6.45, 7) is 3.97. The molecule has 1 aliphatic heterocycles. The Labute approximate surface area is 119 Å². The second-order valence-electron chi connectivity index (χ2n) is 6.14. The molecular weight excluding hydrogens is 258 g/mol. The van der Waals surface area contributed by atoms with Gasteiger partial charge >= 0.3 is 0 Å². The van der Waals surface area contributed by atoms with Crippen molar-refractivity contribution in [1.82, 2.24) is 10.2 Å². The molecule has 20 heavy (non-hydrogen) atoms. The maximum Gasteiger partial charge on any atom is 0.159 e. The fraction of sp³-hybridized carbons (Fsp3) is 0.625. The zero-order valence-corrected chi connectivity index (χ0v) is 11.7. The summed E-state index contributed by atoms with van der Waals surface area (Å²) in [7, 11) is 0. The van der Waals surface area contributed by atoms with Gasteiger partial charge in [-0.3, -0.25) is 4.90 Å². The molecule has 0 spiro atoms. The van der Waals surface area contributed by atoms with Crippen molar-refractivity contribution in [3.05, 3.63) is 35.4 Å². The lowest BCUT2D eigenvalue weighted by atomic mass is 10.0. The molecule has 1 aromatic carbocycles. The second kappa shape index (κ2) is 6.19. The van der Waals surface area contributed by atoms with Crippen molar-refractivity contribution >= 4 is 0 Å². The molecule has 1 aromatic rings. The van der Waals surface area contributed by atoms with Crippen LogP contribution in [0.15, 0.2) is 18.2 Å². The van der Waals surface area contributed by atoms with Gasteiger partial charge in [-0.15, -0.1) is 0 Å². The molecule has 110 valence electrons. The molecule has 1 saturated heterocycles. The van der Waals surface area contributed by atoms with Crippen LogP contribution in [0.5, 0.6) is 0 Å². The minimum Gasteiger partial charge on any atom is -0.316 e. The molecule has 0 unspecified atom stereocenters. The first-order chi connectivity index (χ1) is 9.72. The van der Waals surface area contributed by atoms with E-state index in [0.717, 1.165) is 31.7 Å². The first-order valence-corrected chi connectivity index (χ1v) is 7.61. The van der Waals surface area contributed by atoms with E-state index in [4.69, 9.17) is 0 Å². The van der Waals surface area contributed by atoms with Gasteiger partial charge < -0.3 is 5.32 Å². The Morgan fingerprint density at radius 1 is 1.10 bits per heavy atom. The van der Waals surface area contributed by atoms with Crippen molar-refractivity contribution in [2.24, 2.45) is 5.92 Å². The average molecular weight is 280 g/mol. The van der Waals surface area contributed by atoms with E-state index < -0.39 is 11.6 Å². The summed E-state index contributed by atoms with van der Waals surface area (Å²) in [5.74, 6) is -0.788. The van der Waals surface area contributed by atoms with Gasteiger partial charge in [-0.2, -0.15) is 0 Å². The van der Waals surface area contributed by atoms with Crippen LogP contribution < -0.4 is 5.32 Å². The lowest BCUT2D eigenvalue weighted by Gasteiger charge is -2.36. The minimum atomic E-state index is -0.760. The maximum absolute atomic E-state index is 13.3. The quantitative estimate of drug-likeness (QED) is 0.892. The number of halogens is 2. The van der Waals surface area contributed by atoms with Crippen molar-refractivity contribution in [1.29, 1.82) is 0 Å². The second-order valence-corrected chi connectivity index (χ2v) is 6.14. The largest absolute Gasteiger partial charge is 0.316 e. The van der Waals surface area contributed by atoms with E-state index in [1.807, 2.05) is 0 Å². The van der Waals surface area contributed by atoms with Crippen molar-refractivity contribution in [2.75, 3.05) is 19.6 Å². The Kier molecular flexibility index (Phi) is 4.32. The molecule has 2 aliphatic rings. The molecule has 1 aliphatic carbocycles. The van der Waals surface area contributed by atoms with Gasteiger partial charge in [0.15, 0.2) is 11.6 Å². The van der Waals surface area contributed by atoms with Crippen LogP contribution in [0.4, 0.5) is 8.78 Å². The van der Waals surface area contributed by atoms with Gasteiger partial charge in [0.2, 0.25) is 0 Å². The third kappa shape index (κ3) is 3.18. The lowest BCUT2D eigenvalue weighted by molar-refractivity contribution is 0.136. The fourth-order valence-corrected chi connectivity index (χ4v) is 3.29. The van der Waals surface area contributed by atoms with Gasteiger partial charge in [0.05, 0.1) is 0 Å². The van der Waals surface area contributed by atoms with Crippen molar-refractivity contribution in [3.63, 3.8) is 0 Å². The Morgan fingerprint density at radius 3 is 2.45 bits per heavy atom. The zero-order chi connectivity index (χ0) is 13.9. The van der Waals surface area contributed by atoms with Crippen LogP contribution in [0.3, 0.4) is 0 Å². The Hall–Kier alpha value is -1.00.